The van der Waals surface area contributed by atoms with E-state index in [0.29, 0.717) is 18.9 Å². The molecule has 0 saturated heterocycles. The Balaban J connectivity index is 1.74. The van der Waals surface area contributed by atoms with Gasteiger partial charge in [0.15, 0.2) is 5.82 Å². The van der Waals surface area contributed by atoms with E-state index in [0.717, 1.165) is 25.1 Å². The van der Waals surface area contributed by atoms with E-state index in [9.17, 15) is 4.79 Å². The third-order valence-electron chi connectivity index (χ3n) is 4.28. The summed E-state index contributed by atoms with van der Waals surface area (Å²) in [6, 6.07) is 6.37. The molecule has 1 aliphatic rings. The van der Waals surface area contributed by atoms with E-state index in [1.807, 2.05) is 25.9 Å². The van der Waals surface area contributed by atoms with Crippen molar-refractivity contribution in [3.05, 3.63) is 35.5 Å². The van der Waals surface area contributed by atoms with Gasteiger partial charge in [0, 0.05) is 32.9 Å². The lowest BCUT2D eigenvalue weighted by Crippen LogP contribution is -2.34. The van der Waals surface area contributed by atoms with E-state index in [-0.39, 0.29) is 6.03 Å². The monoisotopic (exact) mass is 328 g/mol. The first-order valence-electron chi connectivity index (χ1n) is 8.32. The summed E-state index contributed by atoms with van der Waals surface area (Å²) in [5.41, 5.74) is 3.70. The standard InChI is InChI=1S/C17H24N6O/c1-4-23-18-11-16(20-23)19-17(24)22-9-5-6-13-7-8-15(21(2)3)10-14(13)12-22/h7-8,10-11H,4-6,9,12H2,1-3H3,(H,19,20,24). The summed E-state index contributed by atoms with van der Waals surface area (Å²) < 4.78 is 0. The number of fused-ring (bicyclic) bond motifs is 1. The number of benzene rings is 1. The van der Waals surface area contributed by atoms with Crippen molar-refractivity contribution in [3.63, 3.8) is 0 Å². The molecule has 7 nitrogen and oxygen atoms in total. The first-order chi connectivity index (χ1) is 11.6. The molecule has 1 N–H and O–H groups in total. The highest BCUT2D eigenvalue weighted by Gasteiger charge is 2.20. The second kappa shape index (κ2) is 6.90. The second-order valence-corrected chi connectivity index (χ2v) is 6.22. The van der Waals surface area contributed by atoms with Crippen LogP contribution in [0.4, 0.5) is 16.3 Å². The van der Waals surface area contributed by atoms with E-state index >= 15 is 0 Å². The van der Waals surface area contributed by atoms with Gasteiger partial charge in [-0.25, -0.2) is 4.79 Å². The van der Waals surface area contributed by atoms with Crippen LogP contribution < -0.4 is 10.2 Å². The zero-order valence-corrected chi connectivity index (χ0v) is 14.5. The quantitative estimate of drug-likeness (QED) is 0.939. The fraction of sp³-hybridized carbons (Fsp3) is 0.471. The third kappa shape index (κ3) is 3.50. The molecule has 0 aliphatic carbocycles. The van der Waals surface area contributed by atoms with Crippen LogP contribution in [0.25, 0.3) is 0 Å². The molecule has 7 heteroatoms. The van der Waals surface area contributed by atoms with Crippen LogP contribution in [0.1, 0.15) is 24.5 Å². The van der Waals surface area contributed by atoms with Crippen molar-refractivity contribution >= 4 is 17.5 Å². The lowest BCUT2D eigenvalue weighted by molar-refractivity contribution is 0.210. The van der Waals surface area contributed by atoms with Gasteiger partial charge in [-0.3, -0.25) is 5.32 Å². The van der Waals surface area contributed by atoms with Crippen molar-refractivity contribution in [3.8, 4) is 0 Å². The van der Waals surface area contributed by atoms with E-state index in [1.54, 1.807) is 11.0 Å². The molecule has 0 unspecified atom stereocenters. The van der Waals surface area contributed by atoms with Gasteiger partial charge < -0.3 is 9.80 Å². The van der Waals surface area contributed by atoms with Crippen molar-refractivity contribution in [2.24, 2.45) is 0 Å². The van der Waals surface area contributed by atoms with Crippen molar-refractivity contribution in [2.45, 2.75) is 32.9 Å². The number of nitrogens with zero attached hydrogens (tertiary/aromatic N) is 5. The van der Waals surface area contributed by atoms with Crippen LogP contribution in [0.2, 0.25) is 0 Å². The molecule has 2 amide bonds. The van der Waals surface area contributed by atoms with E-state index < -0.39 is 0 Å². The minimum Gasteiger partial charge on any atom is -0.378 e. The Bertz CT molecular complexity index is 724. The van der Waals surface area contributed by atoms with Crippen molar-refractivity contribution < 1.29 is 4.79 Å². The van der Waals surface area contributed by atoms with Gasteiger partial charge in [0.25, 0.3) is 0 Å². The van der Waals surface area contributed by atoms with Crippen LogP contribution in [-0.2, 0) is 19.5 Å². The van der Waals surface area contributed by atoms with Gasteiger partial charge >= 0.3 is 6.03 Å². The van der Waals surface area contributed by atoms with Crippen LogP contribution >= 0.6 is 0 Å². The summed E-state index contributed by atoms with van der Waals surface area (Å²) in [4.78, 5) is 18.1. The molecule has 1 aliphatic heterocycles. The molecule has 0 spiro atoms. The molecule has 3 rings (SSSR count). The topological polar surface area (TPSA) is 66.3 Å². The number of aromatic nitrogens is 3. The van der Waals surface area contributed by atoms with Gasteiger partial charge in [0.1, 0.15) is 0 Å². The molecular formula is C17H24N6O. The Hall–Kier alpha value is -2.57. The number of rotatable bonds is 3. The Labute approximate surface area is 142 Å². The second-order valence-electron chi connectivity index (χ2n) is 6.22. The Kier molecular flexibility index (Phi) is 4.69. The molecule has 2 aromatic rings. The van der Waals surface area contributed by atoms with E-state index in [1.165, 1.54) is 11.1 Å². The maximum Gasteiger partial charge on any atom is 0.323 e. The summed E-state index contributed by atoms with van der Waals surface area (Å²) in [5, 5.41) is 11.1. The first-order valence-corrected chi connectivity index (χ1v) is 8.32. The highest BCUT2D eigenvalue weighted by Crippen LogP contribution is 2.24. The fourth-order valence-electron chi connectivity index (χ4n) is 2.90. The largest absolute Gasteiger partial charge is 0.378 e. The Morgan fingerprint density at radius 2 is 2.17 bits per heavy atom. The van der Waals surface area contributed by atoms with Crippen LogP contribution in [0.3, 0.4) is 0 Å². The maximum atomic E-state index is 12.6. The number of carbonyl (C=O) groups excluding carboxylic acids is 1. The highest BCUT2D eigenvalue weighted by atomic mass is 16.2. The van der Waals surface area contributed by atoms with Crippen LogP contribution in [-0.4, -0.2) is 46.6 Å². The van der Waals surface area contributed by atoms with Crippen molar-refractivity contribution in [1.29, 1.82) is 0 Å². The molecule has 2 heterocycles. The number of aryl methyl sites for hydroxylation is 2. The molecule has 1 aromatic heterocycles. The summed E-state index contributed by atoms with van der Waals surface area (Å²) in [6.45, 7) is 3.99. The van der Waals surface area contributed by atoms with Gasteiger partial charge in [-0.15, -0.1) is 5.10 Å². The Morgan fingerprint density at radius 1 is 1.33 bits per heavy atom. The lowest BCUT2D eigenvalue weighted by Gasteiger charge is -2.21. The number of urea groups is 1. The number of amides is 2. The minimum atomic E-state index is -0.124. The minimum absolute atomic E-state index is 0.124. The Morgan fingerprint density at radius 3 is 2.88 bits per heavy atom. The van der Waals surface area contributed by atoms with E-state index in [4.69, 9.17) is 0 Å². The zero-order chi connectivity index (χ0) is 17.1. The first kappa shape index (κ1) is 16.3. The fourth-order valence-corrected chi connectivity index (χ4v) is 2.90. The van der Waals surface area contributed by atoms with Gasteiger partial charge in [-0.1, -0.05) is 6.07 Å². The predicted molar refractivity (Wildman–Crippen MR) is 94.2 cm³/mol. The molecule has 0 bridgehead atoms. The maximum absolute atomic E-state index is 12.6. The van der Waals surface area contributed by atoms with Crippen LogP contribution in [0.15, 0.2) is 24.4 Å². The number of hydrogen-bond donors (Lipinski definition) is 1. The molecule has 0 atom stereocenters. The predicted octanol–water partition coefficient (Wildman–Crippen LogP) is 2.34. The molecule has 0 saturated carbocycles. The third-order valence-corrected chi connectivity index (χ3v) is 4.28. The molecule has 1 aromatic carbocycles. The van der Waals surface area contributed by atoms with Crippen molar-refractivity contribution in [2.75, 3.05) is 30.9 Å². The summed E-state index contributed by atoms with van der Waals surface area (Å²) in [6.07, 6.45) is 3.54. The number of anilines is 2. The number of nitrogens with one attached hydrogen (secondary N) is 1. The number of carbonyl (C=O) groups is 1. The molecule has 0 radical (unpaired) electrons. The normalized spacial score (nSPS) is 14.0. The van der Waals surface area contributed by atoms with Crippen molar-refractivity contribution in [1.82, 2.24) is 19.9 Å². The van der Waals surface area contributed by atoms with E-state index in [2.05, 4.69) is 38.6 Å². The molecule has 0 fully saturated rings. The van der Waals surface area contributed by atoms with Crippen LogP contribution in [0, 0.1) is 0 Å². The van der Waals surface area contributed by atoms with Gasteiger partial charge in [0.05, 0.1) is 12.7 Å². The van der Waals surface area contributed by atoms with Gasteiger partial charge in [-0.05, 0) is 43.0 Å². The number of hydrogen-bond acceptors (Lipinski definition) is 4. The highest BCUT2D eigenvalue weighted by molar-refractivity contribution is 5.88. The average molecular weight is 328 g/mol. The van der Waals surface area contributed by atoms with Crippen LogP contribution in [0.5, 0.6) is 0 Å². The zero-order valence-electron chi connectivity index (χ0n) is 14.5. The smallest absolute Gasteiger partial charge is 0.323 e. The summed E-state index contributed by atoms with van der Waals surface area (Å²) in [7, 11) is 4.06. The lowest BCUT2D eigenvalue weighted by atomic mass is 10.0. The van der Waals surface area contributed by atoms with Gasteiger partial charge in [-0.2, -0.15) is 9.90 Å². The summed E-state index contributed by atoms with van der Waals surface area (Å²) >= 11 is 0. The molecule has 24 heavy (non-hydrogen) atoms. The SMILES string of the molecule is CCn1ncc(NC(=O)N2CCCc3ccc(N(C)C)cc3C2)n1. The summed E-state index contributed by atoms with van der Waals surface area (Å²) in [5.74, 6) is 0.494. The molecule has 128 valence electrons. The van der Waals surface area contributed by atoms with Gasteiger partial charge in [0.2, 0.25) is 0 Å². The average Bonchev–Trinajstić information content (AvgIpc) is 2.90. The molecular weight excluding hydrogens is 304 g/mol.